The first-order valence-corrected chi connectivity index (χ1v) is 5.91. The summed E-state index contributed by atoms with van der Waals surface area (Å²) in [6.45, 7) is 4.38. The van der Waals surface area contributed by atoms with Crippen LogP contribution in [0.25, 0.3) is 0 Å². The average Bonchev–Trinajstić information content (AvgIpc) is 2.85. The zero-order chi connectivity index (χ0) is 11.4. The quantitative estimate of drug-likeness (QED) is 0.857. The molecule has 2 aromatic rings. The average molecular weight is 239 g/mol. The molecule has 2 heterocycles. The van der Waals surface area contributed by atoms with Gasteiger partial charge in [-0.1, -0.05) is 12.1 Å². The Morgan fingerprint density at radius 2 is 2.25 bits per heavy atom. The van der Waals surface area contributed by atoms with Gasteiger partial charge in [0.1, 0.15) is 5.82 Å². The summed E-state index contributed by atoms with van der Waals surface area (Å²) < 4.78 is 9.20. The highest BCUT2D eigenvalue weighted by molar-refractivity contribution is 7.09. The van der Waals surface area contributed by atoms with Crippen LogP contribution in [0.3, 0.4) is 0 Å². The molecule has 0 bridgehead atoms. The molecule has 0 aliphatic heterocycles. The molecule has 0 amide bonds. The van der Waals surface area contributed by atoms with Crippen LogP contribution in [-0.2, 0) is 13.0 Å². The van der Waals surface area contributed by atoms with E-state index in [1.165, 1.54) is 11.5 Å². The Bertz CT molecular complexity index is 452. The van der Waals surface area contributed by atoms with E-state index in [1.54, 1.807) is 6.92 Å². The molecular weight excluding hydrogens is 226 g/mol. The lowest BCUT2D eigenvalue weighted by atomic mass is 10.3. The van der Waals surface area contributed by atoms with Gasteiger partial charge in [0.25, 0.3) is 0 Å². The molecule has 1 N–H and O–H groups in total. The van der Waals surface area contributed by atoms with Crippen molar-refractivity contribution >= 4 is 16.7 Å². The van der Waals surface area contributed by atoms with Gasteiger partial charge >= 0.3 is 0 Å². The minimum atomic E-state index is 0.488. The summed E-state index contributed by atoms with van der Waals surface area (Å²) in [6.07, 6.45) is 1.97. The SMILES string of the molecule is CCCc1nsc(NCc2nc(C)no2)n1. The van der Waals surface area contributed by atoms with Crippen molar-refractivity contribution in [2.75, 3.05) is 5.32 Å². The van der Waals surface area contributed by atoms with Gasteiger partial charge in [-0.25, -0.2) is 4.98 Å². The van der Waals surface area contributed by atoms with Gasteiger partial charge in [0, 0.05) is 18.0 Å². The number of rotatable bonds is 5. The first-order chi connectivity index (χ1) is 7.78. The summed E-state index contributed by atoms with van der Waals surface area (Å²) in [7, 11) is 0. The van der Waals surface area contributed by atoms with Crippen molar-refractivity contribution in [1.29, 1.82) is 0 Å². The number of aromatic nitrogens is 4. The number of hydrogen-bond donors (Lipinski definition) is 1. The summed E-state index contributed by atoms with van der Waals surface area (Å²) in [5.74, 6) is 2.09. The lowest BCUT2D eigenvalue weighted by Crippen LogP contribution is -1.99. The molecule has 0 aliphatic carbocycles. The van der Waals surface area contributed by atoms with Gasteiger partial charge in [-0.15, -0.1) is 0 Å². The van der Waals surface area contributed by atoms with Gasteiger partial charge in [-0.2, -0.15) is 9.36 Å². The second kappa shape index (κ2) is 5.02. The largest absolute Gasteiger partial charge is 0.351 e. The molecule has 0 aliphatic rings. The summed E-state index contributed by atoms with van der Waals surface area (Å²) in [5, 5.41) is 7.60. The number of nitrogens with one attached hydrogen (secondary N) is 1. The van der Waals surface area contributed by atoms with Crippen molar-refractivity contribution in [1.82, 2.24) is 19.5 Å². The van der Waals surface area contributed by atoms with E-state index in [9.17, 15) is 0 Å². The molecule has 0 radical (unpaired) electrons. The Kier molecular flexibility index (Phi) is 3.45. The van der Waals surface area contributed by atoms with Gasteiger partial charge in [0.05, 0.1) is 6.54 Å². The van der Waals surface area contributed by atoms with E-state index in [-0.39, 0.29) is 0 Å². The molecule has 16 heavy (non-hydrogen) atoms. The first kappa shape index (κ1) is 11.0. The zero-order valence-corrected chi connectivity index (χ0v) is 10.0. The second-order valence-corrected chi connectivity index (χ2v) is 4.11. The van der Waals surface area contributed by atoms with Crippen molar-refractivity contribution in [2.24, 2.45) is 0 Å². The van der Waals surface area contributed by atoms with Crippen molar-refractivity contribution < 1.29 is 4.52 Å². The first-order valence-electron chi connectivity index (χ1n) is 5.13. The van der Waals surface area contributed by atoms with E-state index in [4.69, 9.17) is 4.52 Å². The van der Waals surface area contributed by atoms with Crippen molar-refractivity contribution in [3.63, 3.8) is 0 Å². The van der Waals surface area contributed by atoms with Crippen LogP contribution in [0.1, 0.15) is 30.9 Å². The highest BCUT2D eigenvalue weighted by atomic mass is 32.1. The molecule has 0 fully saturated rings. The van der Waals surface area contributed by atoms with E-state index in [0.717, 1.165) is 23.8 Å². The van der Waals surface area contributed by atoms with Crippen molar-refractivity contribution in [3.05, 3.63) is 17.5 Å². The molecule has 0 saturated heterocycles. The minimum absolute atomic E-state index is 0.488. The summed E-state index contributed by atoms with van der Waals surface area (Å²) in [4.78, 5) is 8.41. The Labute approximate surface area is 97.3 Å². The van der Waals surface area contributed by atoms with Crippen LogP contribution in [-0.4, -0.2) is 19.5 Å². The monoisotopic (exact) mass is 239 g/mol. The summed E-state index contributed by atoms with van der Waals surface area (Å²) in [6, 6.07) is 0. The molecule has 86 valence electrons. The van der Waals surface area contributed by atoms with Crippen LogP contribution in [0.5, 0.6) is 0 Å². The predicted octanol–water partition coefficient (Wildman–Crippen LogP) is 1.79. The smallest absolute Gasteiger partial charge is 0.246 e. The lowest BCUT2D eigenvalue weighted by molar-refractivity contribution is 0.379. The van der Waals surface area contributed by atoms with Gasteiger partial charge < -0.3 is 9.84 Å². The van der Waals surface area contributed by atoms with E-state index < -0.39 is 0 Å². The zero-order valence-electron chi connectivity index (χ0n) is 9.23. The predicted molar refractivity (Wildman–Crippen MR) is 60.3 cm³/mol. The van der Waals surface area contributed by atoms with Gasteiger partial charge in [-0.05, 0) is 13.3 Å². The molecule has 0 unspecified atom stereocenters. The van der Waals surface area contributed by atoms with Crippen LogP contribution in [0.4, 0.5) is 5.13 Å². The van der Waals surface area contributed by atoms with Gasteiger partial charge in [0.2, 0.25) is 11.0 Å². The third kappa shape index (κ3) is 2.75. The highest BCUT2D eigenvalue weighted by Gasteiger charge is 2.05. The van der Waals surface area contributed by atoms with Crippen LogP contribution in [0.15, 0.2) is 4.52 Å². The Hall–Kier alpha value is -1.50. The summed E-state index contributed by atoms with van der Waals surface area (Å²) in [5.41, 5.74) is 0. The third-order valence-electron chi connectivity index (χ3n) is 1.90. The van der Waals surface area contributed by atoms with Crippen LogP contribution in [0, 0.1) is 6.92 Å². The Balaban J connectivity index is 1.89. The van der Waals surface area contributed by atoms with Gasteiger partial charge in [-0.3, -0.25) is 0 Å². The maximum Gasteiger partial charge on any atom is 0.246 e. The van der Waals surface area contributed by atoms with Crippen molar-refractivity contribution in [3.8, 4) is 0 Å². The van der Waals surface area contributed by atoms with Crippen LogP contribution < -0.4 is 5.32 Å². The molecule has 7 heteroatoms. The molecule has 0 saturated carbocycles. The van der Waals surface area contributed by atoms with Crippen LogP contribution >= 0.6 is 11.5 Å². The Morgan fingerprint density at radius 3 is 2.94 bits per heavy atom. The van der Waals surface area contributed by atoms with Gasteiger partial charge in [0.15, 0.2) is 5.82 Å². The Morgan fingerprint density at radius 1 is 1.38 bits per heavy atom. The van der Waals surface area contributed by atoms with E-state index in [2.05, 4.69) is 31.7 Å². The molecule has 6 nitrogen and oxygen atoms in total. The number of anilines is 1. The fourth-order valence-corrected chi connectivity index (χ4v) is 1.82. The van der Waals surface area contributed by atoms with Crippen molar-refractivity contribution in [2.45, 2.75) is 33.2 Å². The lowest BCUT2D eigenvalue weighted by Gasteiger charge is -1.95. The maximum absolute atomic E-state index is 4.97. The molecule has 0 aromatic carbocycles. The van der Waals surface area contributed by atoms with E-state index in [1.807, 2.05) is 0 Å². The molecule has 0 spiro atoms. The second-order valence-electron chi connectivity index (χ2n) is 3.35. The van der Waals surface area contributed by atoms with E-state index >= 15 is 0 Å². The number of nitrogens with zero attached hydrogens (tertiary/aromatic N) is 4. The normalized spacial score (nSPS) is 10.6. The molecule has 2 rings (SSSR count). The molecule has 0 atom stereocenters. The van der Waals surface area contributed by atoms with Crippen LogP contribution in [0.2, 0.25) is 0 Å². The standard InChI is InChI=1S/C9H13N5OS/c1-3-4-7-12-9(16-14-7)10-5-8-11-6(2)13-15-8/h3-5H2,1-2H3,(H,10,12,14). The third-order valence-corrected chi connectivity index (χ3v) is 2.61. The molecular formula is C9H13N5OS. The van der Waals surface area contributed by atoms with E-state index in [0.29, 0.717) is 18.3 Å². The number of aryl methyl sites for hydroxylation is 2. The molecule has 2 aromatic heterocycles. The fraction of sp³-hybridized carbons (Fsp3) is 0.556. The number of hydrogen-bond acceptors (Lipinski definition) is 7. The summed E-state index contributed by atoms with van der Waals surface area (Å²) >= 11 is 1.35. The highest BCUT2D eigenvalue weighted by Crippen LogP contribution is 2.13. The maximum atomic E-state index is 4.97. The fourth-order valence-electron chi connectivity index (χ4n) is 1.21. The topological polar surface area (TPSA) is 76.7 Å². The minimum Gasteiger partial charge on any atom is -0.351 e.